The second-order valence-corrected chi connectivity index (χ2v) is 7.53. The molecule has 0 saturated heterocycles. The normalized spacial score (nSPS) is 11.2. The Balaban J connectivity index is 1.67. The molecule has 0 spiro atoms. The average molecular weight is 411 g/mol. The minimum atomic E-state index is -3.99. The van der Waals surface area contributed by atoms with Crippen LogP contribution in [0.3, 0.4) is 0 Å². The summed E-state index contributed by atoms with van der Waals surface area (Å²) in [5, 5.41) is 3.41. The molecule has 3 rings (SSSR count). The van der Waals surface area contributed by atoms with Gasteiger partial charge in [0.2, 0.25) is 0 Å². The van der Waals surface area contributed by atoms with Crippen LogP contribution in [-0.4, -0.2) is 18.4 Å². The van der Waals surface area contributed by atoms with Gasteiger partial charge in [0.15, 0.2) is 11.6 Å². The number of aromatic nitrogens is 2. The van der Waals surface area contributed by atoms with Crippen LogP contribution in [0.2, 0.25) is 5.15 Å². The van der Waals surface area contributed by atoms with E-state index in [2.05, 4.69) is 20.0 Å². The highest BCUT2D eigenvalue weighted by atomic mass is 35.5. The minimum Gasteiger partial charge on any atom is -0.366 e. The molecule has 0 saturated carbocycles. The number of nitrogens with one attached hydrogen (secondary N) is 2. The van der Waals surface area contributed by atoms with Crippen molar-refractivity contribution < 1.29 is 17.2 Å². The molecular formula is C17H13ClF2N4O2S. The molecule has 1 aromatic carbocycles. The molecule has 0 aliphatic carbocycles. The molecule has 0 fully saturated rings. The van der Waals surface area contributed by atoms with E-state index >= 15 is 0 Å². The first-order valence-corrected chi connectivity index (χ1v) is 9.48. The molecule has 0 radical (unpaired) electrons. The van der Waals surface area contributed by atoms with Crippen LogP contribution < -0.4 is 10.0 Å². The first-order chi connectivity index (χ1) is 12.8. The van der Waals surface area contributed by atoms with E-state index < -0.39 is 21.7 Å². The average Bonchev–Trinajstić information content (AvgIpc) is 2.64. The van der Waals surface area contributed by atoms with Crippen molar-refractivity contribution in [1.29, 1.82) is 0 Å². The van der Waals surface area contributed by atoms with Crippen molar-refractivity contribution in [3.63, 3.8) is 0 Å². The zero-order valence-electron chi connectivity index (χ0n) is 13.7. The van der Waals surface area contributed by atoms with Crippen molar-refractivity contribution >= 4 is 33.1 Å². The van der Waals surface area contributed by atoms with Crippen molar-refractivity contribution in [1.82, 2.24) is 9.97 Å². The number of pyridine rings is 2. The van der Waals surface area contributed by atoms with Crippen molar-refractivity contribution in [2.45, 2.75) is 11.4 Å². The van der Waals surface area contributed by atoms with Crippen LogP contribution in [0, 0.1) is 11.6 Å². The zero-order valence-corrected chi connectivity index (χ0v) is 15.2. The fourth-order valence-electron chi connectivity index (χ4n) is 2.12. The highest BCUT2D eigenvalue weighted by Crippen LogP contribution is 2.19. The Bertz CT molecular complexity index is 1050. The summed E-state index contributed by atoms with van der Waals surface area (Å²) in [5.41, 5.74) is 0.782. The van der Waals surface area contributed by atoms with Crippen LogP contribution in [0.4, 0.5) is 20.3 Å². The van der Waals surface area contributed by atoms with Crippen LogP contribution in [0.1, 0.15) is 5.56 Å². The lowest BCUT2D eigenvalue weighted by Gasteiger charge is -2.09. The van der Waals surface area contributed by atoms with Gasteiger partial charge in [-0.05, 0) is 35.9 Å². The summed E-state index contributed by atoms with van der Waals surface area (Å²) in [6.07, 6.45) is 2.77. The van der Waals surface area contributed by atoms with Gasteiger partial charge in [0.05, 0.1) is 5.69 Å². The molecule has 0 amide bonds. The molecule has 2 aromatic heterocycles. The topological polar surface area (TPSA) is 84.0 Å². The van der Waals surface area contributed by atoms with Crippen LogP contribution in [-0.2, 0) is 16.6 Å². The maximum absolute atomic E-state index is 13.2. The first kappa shape index (κ1) is 19.0. The molecule has 0 atom stereocenters. The first-order valence-electron chi connectivity index (χ1n) is 7.62. The summed E-state index contributed by atoms with van der Waals surface area (Å²) in [5.74, 6) is -1.76. The van der Waals surface area contributed by atoms with Crippen molar-refractivity contribution in [2.75, 3.05) is 10.0 Å². The van der Waals surface area contributed by atoms with E-state index in [0.717, 1.165) is 30.0 Å². The molecule has 0 aliphatic rings. The molecule has 140 valence electrons. The van der Waals surface area contributed by atoms with Crippen molar-refractivity contribution in [3.05, 3.63) is 77.2 Å². The lowest BCUT2D eigenvalue weighted by Crippen LogP contribution is -2.14. The number of hydrogen-bond acceptors (Lipinski definition) is 5. The summed E-state index contributed by atoms with van der Waals surface area (Å²) < 4.78 is 52.9. The van der Waals surface area contributed by atoms with Crippen LogP contribution in [0.25, 0.3) is 0 Å². The van der Waals surface area contributed by atoms with E-state index in [9.17, 15) is 17.2 Å². The Labute approximate surface area is 159 Å². The van der Waals surface area contributed by atoms with Crippen LogP contribution in [0.5, 0.6) is 0 Å². The third-order valence-corrected chi connectivity index (χ3v) is 5.07. The van der Waals surface area contributed by atoms with Gasteiger partial charge in [-0.2, -0.15) is 0 Å². The summed E-state index contributed by atoms with van der Waals surface area (Å²) in [6, 6.07) is 9.01. The van der Waals surface area contributed by atoms with Crippen molar-refractivity contribution in [3.8, 4) is 0 Å². The lowest BCUT2D eigenvalue weighted by atomic mass is 10.3. The van der Waals surface area contributed by atoms with Gasteiger partial charge in [0.1, 0.15) is 15.9 Å². The van der Waals surface area contributed by atoms with Gasteiger partial charge in [-0.3, -0.25) is 4.72 Å². The second-order valence-electron chi connectivity index (χ2n) is 5.46. The van der Waals surface area contributed by atoms with Crippen LogP contribution >= 0.6 is 11.6 Å². The van der Waals surface area contributed by atoms with Gasteiger partial charge >= 0.3 is 0 Å². The molecule has 0 aliphatic heterocycles. The van der Waals surface area contributed by atoms with E-state index in [1.165, 1.54) is 12.1 Å². The third-order valence-electron chi connectivity index (χ3n) is 3.48. The summed E-state index contributed by atoms with van der Waals surface area (Å²) in [4.78, 5) is 7.88. The Kier molecular flexibility index (Phi) is 5.52. The van der Waals surface area contributed by atoms with Gasteiger partial charge in [0, 0.05) is 25.0 Å². The monoisotopic (exact) mass is 410 g/mol. The predicted octanol–water partition coefficient (Wildman–Crippen LogP) is 3.82. The molecule has 6 nitrogen and oxygen atoms in total. The Morgan fingerprint density at radius 3 is 2.41 bits per heavy atom. The Morgan fingerprint density at radius 2 is 1.78 bits per heavy atom. The van der Waals surface area contributed by atoms with E-state index in [4.69, 9.17) is 11.6 Å². The van der Waals surface area contributed by atoms with Gasteiger partial charge < -0.3 is 5.32 Å². The number of rotatable bonds is 6. The number of hydrogen-bond donors (Lipinski definition) is 2. The number of sulfonamides is 1. The fourth-order valence-corrected chi connectivity index (χ4v) is 3.23. The van der Waals surface area contributed by atoms with Crippen molar-refractivity contribution in [2.24, 2.45) is 0 Å². The molecule has 2 heterocycles. The Morgan fingerprint density at radius 1 is 0.963 bits per heavy atom. The molecule has 3 aromatic rings. The predicted molar refractivity (Wildman–Crippen MR) is 98.0 cm³/mol. The van der Waals surface area contributed by atoms with Crippen LogP contribution in [0.15, 0.2) is 59.8 Å². The van der Waals surface area contributed by atoms with Gasteiger partial charge in [0.25, 0.3) is 10.0 Å². The fraction of sp³-hybridized carbons (Fsp3) is 0.0588. The largest absolute Gasteiger partial charge is 0.366 e. The number of anilines is 2. The SMILES string of the molecule is O=S(=O)(Nc1ccc(F)c(F)c1)c1ccc(NCc2ccc(Cl)nc2)nc1. The molecule has 27 heavy (non-hydrogen) atoms. The van der Waals surface area contributed by atoms with E-state index in [-0.39, 0.29) is 10.6 Å². The van der Waals surface area contributed by atoms with E-state index in [1.807, 2.05) is 0 Å². The highest BCUT2D eigenvalue weighted by Gasteiger charge is 2.16. The van der Waals surface area contributed by atoms with Gasteiger partial charge in [-0.15, -0.1) is 0 Å². The number of nitrogens with zero attached hydrogens (tertiary/aromatic N) is 2. The summed E-state index contributed by atoms with van der Waals surface area (Å²) >= 11 is 5.72. The minimum absolute atomic E-state index is 0.0914. The Hall–Kier alpha value is -2.78. The number of halogens is 3. The zero-order chi connectivity index (χ0) is 19.4. The molecule has 0 unspecified atom stereocenters. The molecule has 2 N–H and O–H groups in total. The second kappa shape index (κ2) is 7.85. The standard InChI is InChI=1S/C17H13ClF2N4O2S/c18-16-5-1-11(8-21-16)9-22-17-6-3-13(10-23-17)27(25,26)24-12-2-4-14(19)15(20)7-12/h1-8,10,24H,9H2,(H,22,23). The van der Waals surface area contributed by atoms with Gasteiger partial charge in [-0.25, -0.2) is 27.2 Å². The van der Waals surface area contributed by atoms with E-state index in [1.54, 1.807) is 18.3 Å². The smallest absolute Gasteiger partial charge is 0.263 e. The molecule has 0 bridgehead atoms. The van der Waals surface area contributed by atoms with Gasteiger partial charge in [-0.1, -0.05) is 17.7 Å². The number of benzene rings is 1. The maximum Gasteiger partial charge on any atom is 0.263 e. The quantitative estimate of drug-likeness (QED) is 0.603. The third kappa shape index (κ3) is 4.89. The molecule has 10 heteroatoms. The summed E-state index contributed by atoms with van der Waals surface area (Å²) in [7, 11) is -3.99. The maximum atomic E-state index is 13.2. The van der Waals surface area contributed by atoms with E-state index in [0.29, 0.717) is 17.5 Å². The summed E-state index contributed by atoms with van der Waals surface area (Å²) in [6.45, 7) is 0.427. The molecular weight excluding hydrogens is 398 g/mol. The lowest BCUT2D eigenvalue weighted by molar-refractivity contribution is 0.509. The highest BCUT2D eigenvalue weighted by molar-refractivity contribution is 7.92.